The van der Waals surface area contributed by atoms with Crippen LogP contribution < -0.4 is 0 Å². The predicted molar refractivity (Wildman–Crippen MR) is 69.2 cm³/mol. The Morgan fingerprint density at radius 3 is 2.31 bits per heavy atom. The van der Waals surface area contributed by atoms with E-state index in [9.17, 15) is 4.79 Å². The van der Waals surface area contributed by atoms with E-state index in [4.69, 9.17) is 0 Å². The van der Waals surface area contributed by atoms with Crippen LogP contribution in [0.5, 0.6) is 0 Å². The molecule has 3 atom stereocenters. The number of carbonyl (C=O) groups is 1. The smallest absolute Gasteiger partial charge is 0.140 e. The lowest BCUT2D eigenvalue weighted by molar-refractivity contribution is -0.127. The zero-order valence-corrected chi connectivity index (χ0v) is 10.7. The highest BCUT2D eigenvalue weighted by Crippen LogP contribution is 2.47. The molecular formula is C15H22O. The maximum atomic E-state index is 12.0. The molecule has 16 heavy (non-hydrogen) atoms. The van der Waals surface area contributed by atoms with E-state index < -0.39 is 0 Å². The van der Waals surface area contributed by atoms with Crippen LogP contribution in [0.3, 0.4) is 0 Å². The average molecular weight is 218 g/mol. The Morgan fingerprint density at radius 1 is 1.38 bits per heavy atom. The van der Waals surface area contributed by atoms with Crippen LogP contribution in [0.25, 0.3) is 0 Å². The molecule has 0 saturated heterocycles. The Bertz CT molecular complexity index is 350. The van der Waals surface area contributed by atoms with E-state index in [1.165, 1.54) is 0 Å². The maximum absolute atomic E-state index is 12.0. The molecule has 0 aromatic heterocycles. The van der Waals surface area contributed by atoms with Crippen LogP contribution in [0.2, 0.25) is 0 Å². The van der Waals surface area contributed by atoms with E-state index >= 15 is 0 Å². The van der Waals surface area contributed by atoms with Gasteiger partial charge in [-0.2, -0.15) is 0 Å². The molecule has 1 nitrogen and oxygen atoms in total. The van der Waals surface area contributed by atoms with Gasteiger partial charge < -0.3 is 0 Å². The number of ketones is 1. The molecule has 0 bridgehead atoms. The van der Waals surface area contributed by atoms with E-state index in [1.54, 1.807) is 0 Å². The Hall–Kier alpha value is -1.11. The lowest BCUT2D eigenvalue weighted by Gasteiger charge is -2.42. The molecule has 1 saturated carbocycles. The predicted octanol–water partition coefficient (Wildman–Crippen LogP) is 3.93. The van der Waals surface area contributed by atoms with Gasteiger partial charge in [-0.3, -0.25) is 4.79 Å². The molecule has 1 rings (SSSR count). The first-order valence-electron chi connectivity index (χ1n) is 5.79. The van der Waals surface area contributed by atoms with Crippen molar-refractivity contribution in [2.24, 2.45) is 17.3 Å². The minimum atomic E-state index is -0.130. The third kappa shape index (κ3) is 2.18. The van der Waals surface area contributed by atoms with Crippen molar-refractivity contribution in [1.82, 2.24) is 0 Å². The lowest BCUT2D eigenvalue weighted by Crippen LogP contribution is -2.39. The van der Waals surface area contributed by atoms with Crippen LogP contribution in [0.15, 0.2) is 37.0 Å². The molecule has 1 unspecified atom stereocenters. The first-order chi connectivity index (χ1) is 7.31. The van der Waals surface area contributed by atoms with Crippen molar-refractivity contribution in [2.45, 2.75) is 33.6 Å². The van der Waals surface area contributed by atoms with Crippen molar-refractivity contribution in [3.8, 4) is 0 Å². The van der Waals surface area contributed by atoms with Gasteiger partial charge in [-0.1, -0.05) is 37.3 Å². The van der Waals surface area contributed by atoms with Crippen molar-refractivity contribution < 1.29 is 4.79 Å². The molecular weight excluding hydrogens is 196 g/mol. The number of allylic oxidation sites excluding steroid dienone is 3. The summed E-state index contributed by atoms with van der Waals surface area (Å²) in [6.07, 6.45) is 3.32. The minimum absolute atomic E-state index is 0.00900. The highest BCUT2D eigenvalue weighted by atomic mass is 16.1. The van der Waals surface area contributed by atoms with Gasteiger partial charge in [0.05, 0.1) is 0 Å². The molecule has 0 N–H and O–H groups in total. The van der Waals surface area contributed by atoms with Gasteiger partial charge in [0, 0.05) is 12.3 Å². The molecule has 1 aliphatic rings. The summed E-state index contributed by atoms with van der Waals surface area (Å²) in [6, 6.07) is 0. The van der Waals surface area contributed by atoms with Gasteiger partial charge >= 0.3 is 0 Å². The summed E-state index contributed by atoms with van der Waals surface area (Å²) in [5.41, 5.74) is 1.98. The fourth-order valence-corrected chi connectivity index (χ4v) is 2.71. The van der Waals surface area contributed by atoms with Crippen molar-refractivity contribution >= 4 is 5.78 Å². The summed E-state index contributed by atoms with van der Waals surface area (Å²) in [6.45, 7) is 17.9. The summed E-state index contributed by atoms with van der Waals surface area (Å²) in [7, 11) is 0. The third-order valence-electron chi connectivity index (χ3n) is 3.87. The maximum Gasteiger partial charge on any atom is 0.140 e. The molecule has 1 aliphatic carbocycles. The molecule has 0 radical (unpaired) electrons. The van der Waals surface area contributed by atoms with Gasteiger partial charge in [0.15, 0.2) is 0 Å². The summed E-state index contributed by atoms with van der Waals surface area (Å²) >= 11 is 0. The van der Waals surface area contributed by atoms with Crippen LogP contribution in [0, 0.1) is 17.3 Å². The van der Waals surface area contributed by atoms with Gasteiger partial charge in [-0.15, -0.1) is 6.58 Å². The number of carbonyl (C=O) groups excluding carboxylic acids is 1. The zero-order valence-electron chi connectivity index (χ0n) is 10.7. The van der Waals surface area contributed by atoms with Crippen LogP contribution in [-0.4, -0.2) is 5.78 Å². The summed E-state index contributed by atoms with van der Waals surface area (Å²) in [4.78, 5) is 12.0. The Kier molecular flexibility index (Phi) is 3.57. The first kappa shape index (κ1) is 13.0. The van der Waals surface area contributed by atoms with Crippen LogP contribution in [-0.2, 0) is 4.79 Å². The van der Waals surface area contributed by atoms with E-state index in [2.05, 4.69) is 26.7 Å². The SMILES string of the molecule is C=C[C@]1(C)CC(=O)C(C(=C)C)C[C@H]1C(=C)C. The fourth-order valence-electron chi connectivity index (χ4n) is 2.71. The molecule has 1 fully saturated rings. The highest BCUT2D eigenvalue weighted by Gasteiger charge is 2.42. The normalized spacial score (nSPS) is 34.6. The Morgan fingerprint density at radius 2 is 1.94 bits per heavy atom. The molecule has 0 spiro atoms. The quantitative estimate of drug-likeness (QED) is 0.656. The lowest BCUT2D eigenvalue weighted by atomic mass is 9.61. The number of Topliss-reactive ketones (excluding diaryl/α,β-unsaturated/α-hetero) is 1. The van der Waals surface area contributed by atoms with Gasteiger partial charge in [0.2, 0.25) is 0 Å². The van der Waals surface area contributed by atoms with Crippen molar-refractivity contribution in [3.05, 3.63) is 37.0 Å². The topological polar surface area (TPSA) is 17.1 Å². The van der Waals surface area contributed by atoms with E-state index in [1.807, 2.05) is 19.9 Å². The molecule has 0 aliphatic heterocycles. The second-order valence-corrected chi connectivity index (χ2v) is 5.39. The zero-order chi connectivity index (χ0) is 12.5. The molecule has 88 valence electrons. The van der Waals surface area contributed by atoms with Gasteiger partial charge in [0.25, 0.3) is 0 Å². The van der Waals surface area contributed by atoms with E-state index in [0.717, 1.165) is 17.6 Å². The van der Waals surface area contributed by atoms with Crippen molar-refractivity contribution in [2.75, 3.05) is 0 Å². The van der Waals surface area contributed by atoms with Crippen molar-refractivity contribution in [3.63, 3.8) is 0 Å². The second kappa shape index (κ2) is 4.40. The largest absolute Gasteiger partial charge is 0.299 e. The minimum Gasteiger partial charge on any atom is -0.299 e. The van der Waals surface area contributed by atoms with Crippen LogP contribution in [0.1, 0.15) is 33.6 Å². The van der Waals surface area contributed by atoms with E-state index in [-0.39, 0.29) is 11.3 Å². The van der Waals surface area contributed by atoms with Gasteiger partial charge in [-0.25, -0.2) is 0 Å². The molecule has 1 heteroatoms. The van der Waals surface area contributed by atoms with Gasteiger partial charge in [-0.05, 0) is 31.6 Å². The number of rotatable bonds is 3. The molecule has 0 heterocycles. The number of hydrogen-bond acceptors (Lipinski definition) is 1. The van der Waals surface area contributed by atoms with Gasteiger partial charge in [0.1, 0.15) is 5.78 Å². The molecule has 0 aromatic carbocycles. The summed E-state index contributed by atoms with van der Waals surface area (Å²) in [5.74, 6) is 0.645. The monoisotopic (exact) mass is 218 g/mol. The molecule has 0 amide bonds. The summed E-state index contributed by atoms with van der Waals surface area (Å²) in [5, 5.41) is 0. The second-order valence-electron chi connectivity index (χ2n) is 5.39. The fraction of sp³-hybridized carbons (Fsp3) is 0.533. The highest BCUT2D eigenvalue weighted by molar-refractivity contribution is 5.85. The first-order valence-corrected chi connectivity index (χ1v) is 5.79. The standard InChI is InChI=1S/C15H22O/c1-7-15(6)9-14(16)12(10(2)3)8-13(15)11(4)5/h7,12-13H,1-2,4,8-9H2,3,5-6H3/t12?,13-,15+/m0/s1. The Labute approximate surface area is 98.9 Å². The van der Waals surface area contributed by atoms with Crippen LogP contribution >= 0.6 is 0 Å². The average Bonchev–Trinajstić information content (AvgIpc) is 2.16. The Balaban J connectivity index is 3.05. The van der Waals surface area contributed by atoms with E-state index in [0.29, 0.717) is 18.1 Å². The van der Waals surface area contributed by atoms with Crippen molar-refractivity contribution in [1.29, 1.82) is 0 Å². The number of hydrogen-bond donors (Lipinski definition) is 0. The molecule has 0 aromatic rings. The third-order valence-corrected chi connectivity index (χ3v) is 3.87. The summed E-state index contributed by atoms with van der Waals surface area (Å²) < 4.78 is 0. The van der Waals surface area contributed by atoms with Crippen LogP contribution in [0.4, 0.5) is 0 Å².